The SMILES string of the molecule is CCCCCC(CCC)CCOC(=O)CCc1ccccc1. The summed E-state index contributed by atoms with van der Waals surface area (Å²) in [5.74, 6) is 0.658. The Morgan fingerprint density at radius 3 is 2.45 bits per heavy atom. The fourth-order valence-corrected chi connectivity index (χ4v) is 2.83. The lowest BCUT2D eigenvalue weighted by atomic mass is 9.94. The molecule has 1 atom stereocenters. The lowest BCUT2D eigenvalue weighted by Crippen LogP contribution is -2.11. The highest BCUT2D eigenvalue weighted by atomic mass is 16.5. The zero-order chi connectivity index (χ0) is 16.0. The van der Waals surface area contributed by atoms with Crippen LogP contribution in [0.2, 0.25) is 0 Å². The first-order valence-corrected chi connectivity index (χ1v) is 8.95. The summed E-state index contributed by atoms with van der Waals surface area (Å²) < 4.78 is 5.41. The molecule has 1 rings (SSSR count). The number of ether oxygens (including phenoxy) is 1. The molecule has 2 nitrogen and oxygen atoms in total. The van der Waals surface area contributed by atoms with E-state index in [1.807, 2.05) is 18.2 Å². The van der Waals surface area contributed by atoms with Crippen molar-refractivity contribution in [3.05, 3.63) is 35.9 Å². The smallest absolute Gasteiger partial charge is 0.306 e. The highest BCUT2D eigenvalue weighted by Crippen LogP contribution is 2.19. The third kappa shape index (κ3) is 8.86. The predicted octanol–water partition coefficient (Wildman–Crippen LogP) is 5.55. The van der Waals surface area contributed by atoms with E-state index < -0.39 is 0 Å². The first kappa shape index (κ1) is 18.7. The van der Waals surface area contributed by atoms with Crippen LogP contribution in [0.25, 0.3) is 0 Å². The molecule has 1 aromatic rings. The summed E-state index contributed by atoms with van der Waals surface area (Å²) >= 11 is 0. The summed E-state index contributed by atoms with van der Waals surface area (Å²) in [5.41, 5.74) is 1.20. The summed E-state index contributed by atoms with van der Waals surface area (Å²) in [6.07, 6.45) is 9.93. The molecule has 0 saturated carbocycles. The van der Waals surface area contributed by atoms with Gasteiger partial charge in [-0.1, -0.05) is 82.7 Å². The van der Waals surface area contributed by atoms with Gasteiger partial charge < -0.3 is 4.74 Å². The van der Waals surface area contributed by atoms with Crippen LogP contribution in [0.5, 0.6) is 0 Å². The molecule has 0 heterocycles. The van der Waals surface area contributed by atoms with Gasteiger partial charge in [0.1, 0.15) is 0 Å². The van der Waals surface area contributed by atoms with E-state index in [0.717, 1.165) is 18.8 Å². The third-order valence-corrected chi connectivity index (χ3v) is 4.16. The van der Waals surface area contributed by atoms with Crippen LogP contribution in [0.15, 0.2) is 30.3 Å². The number of aryl methyl sites for hydroxylation is 1. The zero-order valence-corrected chi connectivity index (χ0v) is 14.4. The van der Waals surface area contributed by atoms with Crippen molar-refractivity contribution < 1.29 is 9.53 Å². The molecule has 0 spiro atoms. The Morgan fingerprint density at radius 2 is 1.77 bits per heavy atom. The fourth-order valence-electron chi connectivity index (χ4n) is 2.83. The van der Waals surface area contributed by atoms with Gasteiger partial charge in [-0.2, -0.15) is 0 Å². The monoisotopic (exact) mass is 304 g/mol. The summed E-state index contributed by atoms with van der Waals surface area (Å²) in [6, 6.07) is 10.1. The lowest BCUT2D eigenvalue weighted by molar-refractivity contribution is -0.144. The molecule has 0 aliphatic heterocycles. The standard InChI is InChI=1S/C20H32O2/c1-3-5-7-11-18(10-4-2)16-17-22-20(21)15-14-19-12-8-6-9-13-19/h6,8-9,12-13,18H,3-5,7,10-11,14-17H2,1-2H3. The second-order valence-corrected chi connectivity index (χ2v) is 6.15. The number of benzene rings is 1. The van der Waals surface area contributed by atoms with Gasteiger partial charge in [0.25, 0.3) is 0 Å². The van der Waals surface area contributed by atoms with E-state index >= 15 is 0 Å². The van der Waals surface area contributed by atoms with E-state index in [9.17, 15) is 4.79 Å². The largest absolute Gasteiger partial charge is 0.466 e. The minimum atomic E-state index is -0.0624. The van der Waals surface area contributed by atoms with E-state index in [4.69, 9.17) is 4.74 Å². The first-order chi connectivity index (χ1) is 10.8. The number of hydrogen-bond acceptors (Lipinski definition) is 2. The van der Waals surface area contributed by atoms with E-state index in [0.29, 0.717) is 13.0 Å². The maximum Gasteiger partial charge on any atom is 0.306 e. The number of unbranched alkanes of at least 4 members (excludes halogenated alkanes) is 2. The number of carbonyl (C=O) groups excluding carboxylic acids is 1. The van der Waals surface area contributed by atoms with Crippen molar-refractivity contribution in [1.82, 2.24) is 0 Å². The molecule has 0 N–H and O–H groups in total. The molecule has 22 heavy (non-hydrogen) atoms. The van der Waals surface area contributed by atoms with Gasteiger partial charge >= 0.3 is 5.97 Å². The maximum absolute atomic E-state index is 11.8. The molecule has 2 heteroatoms. The second kappa shape index (κ2) is 12.3. The minimum Gasteiger partial charge on any atom is -0.466 e. The van der Waals surface area contributed by atoms with Crippen molar-refractivity contribution in [2.24, 2.45) is 5.92 Å². The Hall–Kier alpha value is -1.31. The maximum atomic E-state index is 11.8. The van der Waals surface area contributed by atoms with Gasteiger partial charge in [-0.25, -0.2) is 0 Å². The average Bonchev–Trinajstić information content (AvgIpc) is 2.54. The topological polar surface area (TPSA) is 26.3 Å². The number of esters is 1. The summed E-state index contributed by atoms with van der Waals surface area (Å²) in [6.45, 7) is 5.06. The molecular formula is C20H32O2. The molecule has 1 unspecified atom stereocenters. The Balaban J connectivity index is 2.16. The predicted molar refractivity (Wildman–Crippen MR) is 92.9 cm³/mol. The summed E-state index contributed by atoms with van der Waals surface area (Å²) in [5, 5.41) is 0. The minimum absolute atomic E-state index is 0.0624. The highest BCUT2D eigenvalue weighted by molar-refractivity contribution is 5.69. The molecule has 1 aromatic carbocycles. The van der Waals surface area contributed by atoms with Gasteiger partial charge in [0.15, 0.2) is 0 Å². The lowest BCUT2D eigenvalue weighted by Gasteiger charge is -2.16. The number of rotatable bonds is 12. The van der Waals surface area contributed by atoms with Gasteiger partial charge in [0, 0.05) is 6.42 Å². The fraction of sp³-hybridized carbons (Fsp3) is 0.650. The highest BCUT2D eigenvalue weighted by Gasteiger charge is 2.09. The van der Waals surface area contributed by atoms with Crippen molar-refractivity contribution in [1.29, 1.82) is 0 Å². The van der Waals surface area contributed by atoms with Gasteiger partial charge in [-0.05, 0) is 24.3 Å². The molecular weight excluding hydrogens is 272 g/mol. The van der Waals surface area contributed by atoms with Gasteiger partial charge in [0.05, 0.1) is 6.61 Å². The molecule has 0 amide bonds. The first-order valence-electron chi connectivity index (χ1n) is 8.95. The van der Waals surface area contributed by atoms with Gasteiger partial charge in [-0.3, -0.25) is 4.79 Å². The quantitative estimate of drug-likeness (QED) is 0.374. The molecule has 0 aliphatic rings. The Labute approximate surface area is 136 Å². The number of hydrogen-bond donors (Lipinski definition) is 0. The molecule has 0 radical (unpaired) electrons. The Morgan fingerprint density at radius 1 is 1.00 bits per heavy atom. The van der Waals surface area contributed by atoms with E-state index in [2.05, 4.69) is 26.0 Å². The van der Waals surface area contributed by atoms with Crippen molar-refractivity contribution >= 4 is 5.97 Å². The Kier molecular flexibility index (Phi) is 10.4. The van der Waals surface area contributed by atoms with Crippen LogP contribution in [0.4, 0.5) is 0 Å². The van der Waals surface area contributed by atoms with E-state index in [1.54, 1.807) is 0 Å². The van der Waals surface area contributed by atoms with Gasteiger partial charge in [0.2, 0.25) is 0 Å². The van der Waals surface area contributed by atoms with Crippen LogP contribution in [0.3, 0.4) is 0 Å². The van der Waals surface area contributed by atoms with Crippen LogP contribution in [-0.4, -0.2) is 12.6 Å². The van der Waals surface area contributed by atoms with Gasteiger partial charge in [-0.15, -0.1) is 0 Å². The van der Waals surface area contributed by atoms with Crippen molar-refractivity contribution in [2.75, 3.05) is 6.61 Å². The summed E-state index contributed by atoms with van der Waals surface area (Å²) in [7, 11) is 0. The zero-order valence-electron chi connectivity index (χ0n) is 14.4. The normalized spacial score (nSPS) is 12.1. The summed E-state index contributed by atoms with van der Waals surface area (Å²) in [4.78, 5) is 11.8. The second-order valence-electron chi connectivity index (χ2n) is 6.15. The van der Waals surface area contributed by atoms with Crippen molar-refractivity contribution in [3.8, 4) is 0 Å². The molecule has 0 fully saturated rings. The van der Waals surface area contributed by atoms with Crippen LogP contribution in [-0.2, 0) is 16.0 Å². The van der Waals surface area contributed by atoms with Crippen molar-refractivity contribution in [3.63, 3.8) is 0 Å². The van der Waals surface area contributed by atoms with E-state index in [-0.39, 0.29) is 5.97 Å². The molecule has 0 saturated heterocycles. The van der Waals surface area contributed by atoms with E-state index in [1.165, 1.54) is 44.1 Å². The van der Waals surface area contributed by atoms with Crippen LogP contribution < -0.4 is 0 Å². The number of carbonyl (C=O) groups is 1. The van der Waals surface area contributed by atoms with Crippen molar-refractivity contribution in [2.45, 2.75) is 71.6 Å². The Bertz CT molecular complexity index is 386. The molecule has 0 bridgehead atoms. The van der Waals surface area contributed by atoms with Crippen LogP contribution in [0.1, 0.15) is 70.8 Å². The molecule has 124 valence electrons. The molecule has 0 aliphatic carbocycles. The molecule has 0 aromatic heterocycles. The van der Waals surface area contributed by atoms with Crippen LogP contribution >= 0.6 is 0 Å². The van der Waals surface area contributed by atoms with Crippen LogP contribution in [0, 0.1) is 5.92 Å². The third-order valence-electron chi connectivity index (χ3n) is 4.16. The average molecular weight is 304 g/mol.